The molecule has 0 atom stereocenters. The molecule has 0 aliphatic rings. The standard InChI is InChI=1S/C14H19N3O2S/c1-5-19-13-10-9(4)11(12(18)15-6-8(2)3)20-14(10)17-7-16-13/h7-8H,5-6H2,1-4H3,(H,15,18). The Kier molecular flexibility index (Phi) is 4.54. The number of nitrogens with one attached hydrogen (secondary N) is 1. The van der Waals surface area contributed by atoms with Gasteiger partial charge in [-0.25, -0.2) is 9.97 Å². The number of aromatic nitrogens is 2. The average Bonchev–Trinajstić information content (AvgIpc) is 2.75. The maximum atomic E-state index is 12.2. The first kappa shape index (κ1) is 14.7. The van der Waals surface area contributed by atoms with Gasteiger partial charge in [0.2, 0.25) is 5.88 Å². The highest BCUT2D eigenvalue weighted by Gasteiger charge is 2.19. The van der Waals surface area contributed by atoms with Gasteiger partial charge in [0.15, 0.2) is 0 Å². The van der Waals surface area contributed by atoms with Gasteiger partial charge in [-0.05, 0) is 25.3 Å². The van der Waals surface area contributed by atoms with Crippen molar-refractivity contribution < 1.29 is 9.53 Å². The summed E-state index contributed by atoms with van der Waals surface area (Å²) in [6.07, 6.45) is 1.47. The lowest BCUT2D eigenvalue weighted by molar-refractivity contribution is 0.0952. The quantitative estimate of drug-likeness (QED) is 0.920. The van der Waals surface area contributed by atoms with E-state index >= 15 is 0 Å². The van der Waals surface area contributed by atoms with Gasteiger partial charge in [-0.3, -0.25) is 4.79 Å². The minimum atomic E-state index is -0.0540. The van der Waals surface area contributed by atoms with Gasteiger partial charge in [0, 0.05) is 6.54 Å². The van der Waals surface area contributed by atoms with Crippen molar-refractivity contribution in [3.63, 3.8) is 0 Å². The molecular weight excluding hydrogens is 274 g/mol. The van der Waals surface area contributed by atoms with Gasteiger partial charge >= 0.3 is 0 Å². The zero-order valence-electron chi connectivity index (χ0n) is 12.2. The van der Waals surface area contributed by atoms with Crippen molar-refractivity contribution in [2.75, 3.05) is 13.2 Å². The Labute approximate surface area is 122 Å². The Balaban J connectivity index is 2.38. The number of amides is 1. The number of hydrogen-bond donors (Lipinski definition) is 1. The molecule has 2 aromatic heterocycles. The topological polar surface area (TPSA) is 64.1 Å². The zero-order valence-corrected chi connectivity index (χ0v) is 13.0. The summed E-state index contributed by atoms with van der Waals surface area (Å²) in [5.41, 5.74) is 0.885. The minimum absolute atomic E-state index is 0.0540. The monoisotopic (exact) mass is 293 g/mol. The summed E-state index contributed by atoms with van der Waals surface area (Å²) in [6, 6.07) is 0. The van der Waals surface area contributed by atoms with Crippen LogP contribution in [-0.4, -0.2) is 29.0 Å². The number of aryl methyl sites for hydroxylation is 1. The van der Waals surface area contributed by atoms with Crippen LogP contribution in [-0.2, 0) is 0 Å². The lowest BCUT2D eigenvalue weighted by Gasteiger charge is -2.07. The molecule has 0 spiro atoms. The van der Waals surface area contributed by atoms with Crippen LogP contribution < -0.4 is 10.1 Å². The molecular formula is C14H19N3O2S. The molecule has 0 unspecified atom stereocenters. The number of hydrogen-bond acceptors (Lipinski definition) is 5. The van der Waals surface area contributed by atoms with E-state index in [1.165, 1.54) is 17.7 Å². The average molecular weight is 293 g/mol. The third-order valence-corrected chi connectivity index (χ3v) is 4.05. The van der Waals surface area contributed by atoms with Crippen molar-refractivity contribution in [3.05, 3.63) is 16.8 Å². The highest BCUT2D eigenvalue weighted by molar-refractivity contribution is 7.20. The molecule has 0 radical (unpaired) electrons. The van der Waals surface area contributed by atoms with Crippen molar-refractivity contribution in [3.8, 4) is 5.88 Å². The second kappa shape index (κ2) is 6.17. The lowest BCUT2D eigenvalue weighted by Crippen LogP contribution is -2.27. The summed E-state index contributed by atoms with van der Waals surface area (Å²) in [5, 5.41) is 3.78. The molecule has 6 heteroatoms. The predicted molar refractivity (Wildman–Crippen MR) is 80.5 cm³/mol. The first-order valence-corrected chi connectivity index (χ1v) is 7.51. The van der Waals surface area contributed by atoms with Crippen LogP contribution in [0, 0.1) is 12.8 Å². The molecule has 0 aliphatic carbocycles. The fourth-order valence-electron chi connectivity index (χ4n) is 1.88. The van der Waals surface area contributed by atoms with Crippen molar-refractivity contribution in [1.29, 1.82) is 0 Å². The largest absolute Gasteiger partial charge is 0.477 e. The lowest BCUT2D eigenvalue weighted by atomic mass is 10.2. The third kappa shape index (κ3) is 2.90. The van der Waals surface area contributed by atoms with Crippen molar-refractivity contribution in [2.24, 2.45) is 5.92 Å². The van der Waals surface area contributed by atoms with Crippen LogP contribution in [0.15, 0.2) is 6.33 Å². The van der Waals surface area contributed by atoms with E-state index in [1.54, 1.807) is 0 Å². The molecule has 0 fully saturated rings. The summed E-state index contributed by atoms with van der Waals surface area (Å²) in [6.45, 7) is 9.15. The Hall–Kier alpha value is -1.69. The van der Waals surface area contributed by atoms with Crippen molar-refractivity contribution in [1.82, 2.24) is 15.3 Å². The zero-order chi connectivity index (χ0) is 14.7. The van der Waals surface area contributed by atoms with Gasteiger partial charge in [-0.1, -0.05) is 13.8 Å². The normalized spacial score (nSPS) is 11.1. The van der Waals surface area contributed by atoms with Gasteiger partial charge in [-0.15, -0.1) is 11.3 Å². The maximum Gasteiger partial charge on any atom is 0.261 e. The number of carbonyl (C=O) groups is 1. The Morgan fingerprint density at radius 1 is 1.45 bits per heavy atom. The Morgan fingerprint density at radius 3 is 2.85 bits per heavy atom. The van der Waals surface area contributed by atoms with Crippen LogP contribution >= 0.6 is 11.3 Å². The van der Waals surface area contributed by atoms with Crippen molar-refractivity contribution in [2.45, 2.75) is 27.7 Å². The molecule has 0 saturated heterocycles. The number of fused-ring (bicyclic) bond motifs is 1. The summed E-state index contributed by atoms with van der Waals surface area (Å²) in [5.74, 6) is 0.920. The van der Waals surface area contributed by atoms with Gasteiger partial charge in [0.25, 0.3) is 5.91 Å². The van der Waals surface area contributed by atoms with Gasteiger partial charge in [0.1, 0.15) is 11.2 Å². The Morgan fingerprint density at radius 2 is 2.20 bits per heavy atom. The summed E-state index contributed by atoms with van der Waals surface area (Å²) in [7, 11) is 0. The van der Waals surface area contributed by atoms with E-state index in [-0.39, 0.29) is 5.91 Å². The molecule has 0 bridgehead atoms. The van der Waals surface area contributed by atoms with Gasteiger partial charge in [-0.2, -0.15) is 0 Å². The molecule has 20 heavy (non-hydrogen) atoms. The smallest absolute Gasteiger partial charge is 0.261 e. The maximum absolute atomic E-state index is 12.2. The molecule has 2 rings (SSSR count). The number of nitrogens with zero attached hydrogens (tertiary/aromatic N) is 2. The molecule has 0 aromatic carbocycles. The molecule has 2 heterocycles. The SMILES string of the molecule is CCOc1ncnc2sc(C(=O)NCC(C)C)c(C)c12. The van der Waals surface area contributed by atoms with E-state index in [0.717, 1.165) is 15.8 Å². The van der Waals surface area contributed by atoms with Crippen LogP contribution in [0.1, 0.15) is 36.0 Å². The van der Waals surface area contributed by atoms with E-state index in [4.69, 9.17) is 4.74 Å². The summed E-state index contributed by atoms with van der Waals surface area (Å²) < 4.78 is 5.52. The van der Waals surface area contributed by atoms with E-state index < -0.39 is 0 Å². The molecule has 1 N–H and O–H groups in total. The highest BCUT2D eigenvalue weighted by Crippen LogP contribution is 2.34. The van der Waals surface area contributed by atoms with Crippen LogP contribution in [0.25, 0.3) is 10.2 Å². The van der Waals surface area contributed by atoms with Gasteiger partial charge < -0.3 is 10.1 Å². The second-order valence-corrected chi connectivity index (χ2v) is 5.95. The Bertz CT molecular complexity index is 622. The molecule has 0 aliphatic heterocycles. The fourth-order valence-corrected chi connectivity index (χ4v) is 2.93. The number of ether oxygens (including phenoxy) is 1. The van der Waals surface area contributed by atoms with Crippen LogP contribution in [0.4, 0.5) is 0 Å². The minimum Gasteiger partial charge on any atom is -0.477 e. The molecule has 5 nitrogen and oxygen atoms in total. The van der Waals surface area contributed by atoms with E-state index in [0.29, 0.717) is 29.8 Å². The summed E-state index contributed by atoms with van der Waals surface area (Å²) >= 11 is 1.38. The molecule has 2 aromatic rings. The first-order chi connectivity index (χ1) is 9.54. The summed E-state index contributed by atoms with van der Waals surface area (Å²) in [4.78, 5) is 22.1. The van der Waals surface area contributed by atoms with Crippen LogP contribution in [0.2, 0.25) is 0 Å². The van der Waals surface area contributed by atoms with E-state index in [9.17, 15) is 4.79 Å². The van der Waals surface area contributed by atoms with Crippen molar-refractivity contribution >= 4 is 27.5 Å². The fraction of sp³-hybridized carbons (Fsp3) is 0.500. The van der Waals surface area contributed by atoms with Gasteiger partial charge in [0.05, 0.1) is 16.9 Å². The first-order valence-electron chi connectivity index (χ1n) is 6.69. The van der Waals surface area contributed by atoms with Crippen LogP contribution in [0.5, 0.6) is 5.88 Å². The molecule has 0 saturated carbocycles. The second-order valence-electron chi connectivity index (χ2n) is 4.95. The van der Waals surface area contributed by atoms with E-state index in [1.807, 2.05) is 13.8 Å². The number of thiophene rings is 1. The van der Waals surface area contributed by atoms with Crippen LogP contribution in [0.3, 0.4) is 0 Å². The third-order valence-electron chi connectivity index (χ3n) is 2.85. The highest BCUT2D eigenvalue weighted by atomic mass is 32.1. The predicted octanol–water partition coefficient (Wildman–Crippen LogP) is 2.78. The number of carbonyl (C=O) groups excluding carboxylic acids is 1. The number of rotatable bonds is 5. The van der Waals surface area contributed by atoms with E-state index in [2.05, 4.69) is 29.1 Å². The molecule has 108 valence electrons. The molecule has 1 amide bonds.